The first-order valence-corrected chi connectivity index (χ1v) is 12.9. The van der Waals surface area contributed by atoms with Gasteiger partial charge >= 0.3 is 8.17 Å². The van der Waals surface area contributed by atoms with E-state index in [4.69, 9.17) is 13.8 Å². The fourth-order valence-corrected chi connectivity index (χ4v) is 5.76. The zero-order chi connectivity index (χ0) is 23.8. The Morgan fingerprint density at radius 1 is 1.26 bits per heavy atom. The van der Waals surface area contributed by atoms with Crippen molar-refractivity contribution in [2.75, 3.05) is 12.9 Å². The van der Waals surface area contributed by atoms with E-state index in [1.54, 1.807) is 24.6 Å². The van der Waals surface area contributed by atoms with Crippen molar-refractivity contribution >= 4 is 36.9 Å². The number of halogens is 1. The monoisotopic (exact) mass is 510 g/mol. The van der Waals surface area contributed by atoms with Crippen LogP contribution in [-0.4, -0.2) is 70.0 Å². The van der Waals surface area contributed by atoms with Crippen LogP contribution in [0.3, 0.4) is 0 Å². The molecule has 0 saturated carbocycles. The van der Waals surface area contributed by atoms with Gasteiger partial charge in [-0.1, -0.05) is 11.8 Å². The molecule has 0 radical (unpaired) electrons. The van der Waals surface area contributed by atoms with E-state index in [9.17, 15) is 24.1 Å². The Morgan fingerprint density at radius 2 is 2.03 bits per heavy atom. The maximum absolute atomic E-state index is 13.3. The minimum atomic E-state index is -4.05. The molecule has 2 fully saturated rings. The highest BCUT2D eigenvalue weighted by Gasteiger charge is 2.60. The van der Waals surface area contributed by atoms with Crippen molar-refractivity contribution in [2.45, 2.75) is 29.7 Å². The molecule has 4 N–H and O–H groups in total. The van der Waals surface area contributed by atoms with Crippen LogP contribution in [0.5, 0.6) is 0 Å². The van der Waals surface area contributed by atoms with E-state index >= 15 is 0 Å². The molecule has 2 aliphatic heterocycles. The molecule has 12 nitrogen and oxygen atoms in total. The van der Waals surface area contributed by atoms with E-state index in [-0.39, 0.29) is 29.4 Å². The van der Waals surface area contributed by atoms with E-state index in [1.165, 1.54) is 32.9 Å². The molecule has 5 heterocycles. The Labute approximate surface area is 194 Å². The SMILES string of the molecule is CSc1nc2c(=O)n3cc(-c4ccc(F)cc4)[nH]c3nc2n1[C@@H]1OC2CO[P+](O)(O)O[C@H]2C1O. The molecule has 2 aliphatic rings. The van der Waals surface area contributed by atoms with Crippen LogP contribution in [0.15, 0.2) is 40.4 Å². The van der Waals surface area contributed by atoms with Gasteiger partial charge in [0.2, 0.25) is 5.78 Å². The van der Waals surface area contributed by atoms with E-state index in [0.717, 1.165) is 0 Å². The number of ether oxygens (including phenoxy) is 1. The molecular weight excluding hydrogens is 492 g/mol. The summed E-state index contributed by atoms with van der Waals surface area (Å²) in [6, 6.07) is 5.78. The summed E-state index contributed by atoms with van der Waals surface area (Å²) in [5.74, 6) is -0.165. The average molecular weight is 510 g/mol. The molecule has 4 atom stereocenters. The van der Waals surface area contributed by atoms with E-state index in [1.807, 2.05) is 0 Å². The summed E-state index contributed by atoms with van der Waals surface area (Å²) in [4.78, 5) is 44.8. The number of benzene rings is 1. The number of H-pyrrole nitrogens is 1. The summed E-state index contributed by atoms with van der Waals surface area (Å²) >= 11 is 1.23. The second kappa shape index (κ2) is 7.80. The lowest BCUT2D eigenvalue weighted by atomic mass is 10.1. The Hall–Kier alpha value is -2.42. The smallest absolute Gasteiger partial charge is 0.385 e. The van der Waals surface area contributed by atoms with Crippen LogP contribution in [0.4, 0.5) is 4.39 Å². The number of rotatable bonds is 3. The highest BCUT2D eigenvalue weighted by atomic mass is 32.2. The quantitative estimate of drug-likeness (QED) is 0.234. The third-order valence-electron chi connectivity index (χ3n) is 5.79. The molecule has 0 amide bonds. The van der Waals surface area contributed by atoms with Gasteiger partial charge in [-0.2, -0.15) is 19.3 Å². The Kier molecular flexibility index (Phi) is 5.06. The lowest BCUT2D eigenvalue weighted by molar-refractivity contribution is -0.0763. The number of nitrogens with zero attached hydrogens (tertiary/aromatic N) is 4. The number of fused-ring (bicyclic) bond motifs is 3. The molecule has 2 saturated heterocycles. The summed E-state index contributed by atoms with van der Waals surface area (Å²) in [6.45, 7) is -0.182. The molecule has 2 unspecified atom stereocenters. The minimum Gasteiger partial charge on any atom is -0.385 e. The Morgan fingerprint density at radius 3 is 2.76 bits per heavy atom. The summed E-state index contributed by atoms with van der Waals surface area (Å²) in [5.41, 5.74) is 0.986. The van der Waals surface area contributed by atoms with Crippen molar-refractivity contribution in [1.29, 1.82) is 0 Å². The summed E-state index contributed by atoms with van der Waals surface area (Å²) in [5, 5.41) is 11.3. The second-order valence-electron chi connectivity index (χ2n) is 7.84. The number of hydrogen-bond acceptors (Lipinski definition) is 10. The minimum absolute atomic E-state index is 0.0560. The van der Waals surface area contributed by atoms with Crippen LogP contribution < -0.4 is 5.56 Å². The third kappa shape index (κ3) is 3.38. The Bertz CT molecular complexity index is 1470. The summed E-state index contributed by atoms with van der Waals surface area (Å²) in [6.07, 6.45) is -0.879. The summed E-state index contributed by atoms with van der Waals surface area (Å²) in [7, 11) is -4.05. The van der Waals surface area contributed by atoms with Gasteiger partial charge in [0, 0.05) is 6.20 Å². The predicted octanol–water partition coefficient (Wildman–Crippen LogP) is 1.24. The third-order valence-corrected chi connectivity index (χ3v) is 7.44. The van der Waals surface area contributed by atoms with Gasteiger partial charge in [-0.25, -0.2) is 13.8 Å². The van der Waals surface area contributed by atoms with Crippen LogP contribution in [0.25, 0.3) is 28.2 Å². The fourth-order valence-electron chi connectivity index (χ4n) is 4.21. The van der Waals surface area contributed by atoms with Crippen LogP contribution in [0.1, 0.15) is 6.23 Å². The van der Waals surface area contributed by atoms with Gasteiger partial charge in [0.05, 0.1) is 5.69 Å². The van der Waals surface area contributed by atoms with E-state index in [2.05, 4.69) is 15.0 Å². The number of aromatic nitrogens is 5. The predicted molar refractivity (Wildman–Crippen MR) is 118 cm³/mol. The van der Waals surface area contributed by atoms with Gasteiger partial charge in [0.1, 0.15) is 24.6 Å². The molecule has 4 aromatic rings. The number of aliphatic hydroxyl groups excluding tert-OH is 1. The zero-order valence-corrected chi connectivity index (χ0v) is 19.1. The van der Waals surface area contributed by atoms with Gasteiger partial charge < -0.3 is 14.8 Å². The molecule has 0 aliphatic carbocycles. The van der Waals surface area contributed by atoms with Crippen molar-refractivity contribution in [3.05, 3.63) is 46.6 Å². The molecule has 3 aromatic heterocycles. The van der Waals surface area contributed by atoms with Gasteiger partial charge in [-0.3, -0.25) is 9.36 Å². The van der Waals surface area contributed by atoms with Crippen molar-refractivity contribution in [1.82, 2.24) is 23.9 Å². The molecule has 0 bridgehead atoms. The number of imidazole rings is 2. The number of hydrogen-bond donors (Lipinski definition) is 4. The highest BCUT2D eigenvalue weighted by molar-refractivity contribution is 7.98. The van der Waals surface area contributed by atoms with Crippen molar-refractivity contribution in [2.24, 2.45) is 0 Å². The zero-order valence-electron chi connectivity index (χ0n) is 17.4. The standard InChI is InChI=1S/C19H17FN5O7PS/c1-34-19-22-12-15(25(19)17-13(26)14-11(31-17)7-30-33(28,29)32-14)23-18-21-10(6-24(18)16(12)27)8-2-4-9(20)5-3-8/h2-6,11,13-14,17,26,28-29H,7H2,1H3/p+1/t11?,13?,14-,17-/m1/s1. The van der Waals surface area contributed by atoms with Crippen molar-refractivity contribution < 1.29 is 33.1 Å². The number of nitrogens with one attached hydrogen (secondary N) is 1. The largest absolute Gasteiger partial charge is 0.570 e. The molecule has 1 aromatic carbocycles. The van der Waals surface area contributed by atoms with E-state index < -0.39 is 38.3 Å². The van der Waals surface area contributed by atoms with Crippen LogP contribution in [0.2, 0.25) is 0 Å². The number of aliphatic hydroxyl groups is 1. The van der Waals surface area contributed by atoms with Gasteiger partial charge in [0.15, 0.2) is 28.7 Å². The normalized spacial score (nSPS) is 26.4. The topological polar surface area (TPSA) is 156 Å². The fraction of sp³-hybridized carbons (Fsp3) is 0.316. The molecular formula is C19H18FN5O7PS+. The average Bonchev–Trinajstić information content (AvgIpc) is 3.48. The molecule has 178 valence electrons. The van der Waals surface area contributed by atoms with Gasteiger partial charge in [-0.15, -0.1) is 4.52 Å². The first-order chi connectivity index (χ1) is 16.3. The summed E-state index contributed by atoms with van der Waals surface area (Å²) < 4.78 is 32.1. The van der Waals surface area contributed by atoms with Gasteiger partial charge in [0.25, 0.3) is 5.56 Å². The molecule has 34 heavy (non-hydrogen) atoms. The molecule has 15 heteroatoms. The highest BCUT2D eigenvalue weighted by Crippen LogP contribution is 2.59. The first kappa shape index (κ1) is 22.1. The number of aromatic amines is 1. The first-order valence-electron chi connectivity index (χ1n) is 10.1. The van der Waals surface area contributed by atoms with E-state index in [0.29, 0.717) is 16.4 Å². The van der Waals surface area contributed by atoms with Crippen molar-refractivity contribution in [3.8, 4) is 11.3 Å². The maximum Gasteiger partial charge on any atom is 0.570 e. The van der Waals surface area contributed by atoms with Crippen LogP contribution >= 0.6 is 19.9 Å². The lowest BCUT2D eigenvalue weighted by Gasteiger charge is -2.24. The maximum atomic E-state index is 13.3. The molecule has 6 rings (SSSR count). The van der Waals surface area contributed by atoms with Crippen LogP contribution in [-0.2, 0) is 13.8 Å². The molecule has 0 spiro atoms. The van der Waals surface area contributed by atoms with Crippen molar-refractivity contribution in [3.63, 3.8) is 0 Å². The van der Waals surface area contributed by atoms with Gasteiger partial charge in [-0.05, 0) is 36.1 Å². The number of thioether (sulfide) groups is 1. The lowest BCUT2D eigenvalue weighted by Crippen LogP contribution is -2.40. The second-order valence-corrected chi connectivity index (χ2v) is 10.1. The Balaban J connectivity index is 1.48. The van der Waals surface area contributed by atoms with Crippen LogP contribution in [0, 0.1) is 5.82 Å².